The first-order valence-electron chi connectivity index (χ1n) is 6.42. The molecule has 0 aliphatic heterocycles. The van der Waals surface area contributed by atoms with Crippen LogP contribution in [-0.2, 0) is 19.5 Å². The van der Waals surface area contributed by atoms with Crippen LogP contribution in [0.15, 0.2) is 48.5 Å². The number of rotatable bonds is 5. The summed E-state index contributed by atoms with van der Waals surface area (Å²) in [5.74, 6) is 0. The average Bonchev–Trinajstić information content (AvgIpc) is 2.46. The highest BCUT2D eigenvalue weighted by Crippen LogP contribution is 2.12. The maximum absolute atomic E-state index is 5.58. The molecule has 94 valence electrons. The van der Waals surface area contributed by atoms with E-state index in [4.69, 9.17) is 5.73 Å². The molecular formula is C16H20N2. The number of nitrogens with two attached hydrogens (primary N) is 1. The van der Waals surface area contributed by atoms with Gasteiger partial charge in [-0.05, 0) is 35.2 Å². The standard InChI is InChI=1S/C16H20N2/c1-2-13-7-9-16(10-8-13)18-12-15-5-3-14(11-17)4-6-15/h3-10,18H,2,11-12,17H2,1H3. The summed E-state index contributed by atoms with van der Waals surface area (Å²) in [6, 6.07) is 17.0. The lowest BCUT2D eigenvalue weighted by Gasteiger charge is -2.08. The second-order valence-electron chi connectivity index (χ2n) is 4.42. The molecule has 0 heterocycles. The molecule has 0 saturated heterocycles. The van der Waals surface area contributed by atoms with E-state index in [9.17, 15) is 0 Å². The minimum absolute atomic E-state index is 0.603. The summed E-state index contributed by atoms with van der Waals surface area (Å²) in [6.45, 7) is 3.62. The van der Waals surface area contributed by atoms with Crippen molar-refractivity contribution in [1.82, 2.24) is 0 Å². The summed E-state index contributed by atoms with van der Waals surface area (Å²) >= 11 is 0. The smallest absolute Gasteiger partial charge is 0.0400 e. The van der Waals surface area contributed by atoms with Gasteiger partial charge in [-0.3, -0.25) is 0 Å². The van der Waals surface area contributed by atoms with Crippen molar-refractivity contribution in [2.45, 2.75) is 26.4 Å². The van der Waals surface area contributed by atoms with Crippen molar-refractivity contribution in [3.05, 3.63) is 65.2 Å². The van der Waals surface area contributed by atoms with E-state index >= 15 is 0 Å². The van der Waals surface area contributed by atoms with E-state index in [-0.39, 0.29) is 0 Å². The maximum Gasteiger partial charge on any atom is 0.0400 e. The molecule has 2 rings (SSSR count). The van der Waals surface area contributed by atoms with Crippen LogP contribution in [0.4, 0.5) is 5.69 Å². The topological polar surface area (TPSA) is 38.0 Å². The Hall–Kier alpha value is -1.80. The van der Waals surface area contributed by atoms with Crippen LogP contribution >= 0.6 is 0 Å². The summed E-state index contributed by atoms with van der Waals surface area (Å²) in [5.41, 5.74) is 10.5. The van der Waals surface area contributed by atoms with Crippen molar-refractivity contribution in [3.63, 3.8) is 0 Å². The summed E-state index contributed by atoms with van der Waals surface area (Å²) in [7, 11) is 0. The van der Waals surface area contributed by atoms with Crippen LogP contribution < -0.4 is 11.1 Å². The van der Waals surface area contributed by atoms with Crippen molar-refractivity contribution < 1.29 is 0 Å². The molecule has 0 spiro atoms. The third-order valence-corrected chi connectivity index (χ3v) is 3.12. The Labute approximate surface area is 109 Å². The minimum Gasteiger partial charge on any atom is -0.381 e. The molecule has 2 heteroatoms. The predicted molar refractivity (Wildman–Crippen MR) is 77.5 cm³/mol. The molecule has 2 aromatic carbocycles. The van der Waals surface area contributed by atoms with Gasteiger partial charge in [0.15, 0.2) is 0 Å². The number of hydrogen-bond donors (Lipinski definition) is 2. The molecule has 0 atom stereocenters. The maximum atomic E-state index is 5.58. The summed E-state index contributed by atoms with van der Waals surface area (Å²) in [4.78, 5) is 0. The first kappa shape index (κ1) is 12.7. The van der Waals surface area contributed by atoms with E-state index < -0.39 is 0 Å². The van der Waals surface area contributed by atoms with Crippen LogP contribution in [-0.4, -0.2) is 0 Å². The number of nitrogens with one attached hydrogen (secondary N) is 1. The van der Waals surface area contributed by atoms with E-state index in [0.717, 1.165) is 18.7 Å². The zero-order valence-electron chi connectivity index (χ0n) is 10.8. The largest absolute Gasteiger partial charge is 0.381 e. The van der Waals surface area contributed by atoms with Crippen molar-refractivity contribution >= 4 is 5.69 Å². The molecule has 3 N–H and O–H groups in total. The number of benzene rings is 2. The molecule has 0 aliphatic carbocycles. The van der Waals surface area contributed by atoms with Crippen LogP contribution in [0.1, 0.15) is 23.6 Å². The molecule has 18 heavy (non-hydrogen) atoms. The lowest BCUT2D eigenvalue weighted by atomic mass is 10.1. The van der Waals surface area contributed by atoms with Gasteiger partial charge in [0.25, 0.3) is 0 Å². The molecule has 0 bridgehead atoms. The monoisotopic (exact) mass is 240 g/mol. The zero-order valence-corrected chi connectivity index (χ0v) is 10.8. The molecule has 0 aliphatic rings. The van der Waals surface area contributed by atoms with Crippen LogP contribution in [0.3, 0.4) is 0 Å². The van der Waals surface area contributed by atoms with E-state index in [0.29, 0.717) is 6.54 Å². The summed E-state index contributed by atoms with van der Waals surface area (Å²) in [5, 5.41) is 3.42. The minimum atomic E-state index is 0.603. The normalized spacial score (nSPS) is 10.3. The Morgan fingerprint density at radius 2 is 1.39 bits per heavy atom. The highest BCUT2D eigenvalue weighted by atomic mass is 14.9. The second kappa shape index (κ2) is 6.22. The van der Waals surface area contributed by atoms with Crippen LogP contribution in [0.25, 0.3) is 0 Å². The molecule has 0 amide bonds. The highest BCUT2D eigenvalue weighted by Gasteiger charge is 1.95. The fourth-order valence-corrected chi connectivity index (χ4v) is 1.86. The van der Waals surface area contributed by atoms with E-state index in [2.05, 4.69) is 60.8 Å². The first-order chi connectivity index (χ1) is 8.81. The summed E-state index contributed by atoms with van der Waals surface area (Å²) < 4.78 is 0. The van der Waals surface area contributed by atoms with Crippen molar-refractivity contribution in [1.29, 1.82) is 0 Å². The van der Waals surface area contributed by atoms with Gasteiger partial charge in [-0.2, -0.15) is 0 Å². The summed E-state index contributed by atoms with van der Waals surface area (Å²) in [6.07, 6.45) is 1.08. The molecule has 0 radical (unpaired) electrons. The number of anilines is 1. The second-order valence-corrected chi connectivity index (χ2v) is 4.42. The Morgan fingerprint density at radius 3 is 1.94 bits per heavy atom. The number of hydrogen-bond acceptors (Lipinski definition) is 2. The third kappa shape index (κ3) is 3.34. The zero-order chi connectivity index (χ0) is 12.8. The molecular weight excluding hydrogens is 220 g/mol. The highest BCUT2D eigenvalue weighted by molar-refractivity contribution is 5.45. The number of aryl methyl sites for hydroxylation is 1. The Bertz CT molecular complexity index is 424. The fraction of sp³-hybridized carbons (Fsp3) is 0.250. The molecule has 2 nitrogen and oxygen atoms in total. The van der Waals surface area contributed by atoms with Crippen molar-refractivity contribution in [2.75, 3.05) is 5.32 Å². The van der Waals surface area contributed by atoms with E-state index in [1.165, 1.54) is 16.7 Å². The van der Waals surface area contributed by atoms with Gasteiger partial charge in [-0.1, -0.05) is 43.3 Å². The molecule has 2 aromatic rings. The molecule has 0 aromatic heterocycles. The van der Waals surface area contributed by atoms with Crippen LogP contribution in [0, 0.1) is 0 Å². The van der Waals surface area contributed by atoms with Gasteiger partial charge in [0, 0.05) is 18.8 Å². The van der Waals surface area contributed by atoms with E-state index in [1.807, 2.05) is 0 Å². The average molecular weight is 240 g/mol. The van der Waals surface area contributed by atoms with Gasteiger partial charge < -0.3 is 11.1 Å². The molecule has 0 unspecified atom stereocenters. The third-order valence-electron chi connectivity index (χ3n) is 3.12. The first-order valence-corrected chi connectivity index (χ1v) is 6.42. The fourth-order valence-electron chi connectivity index (χ4n) is 1.86. The Kier molecular flexibility index (Phi) is 4.37. The Morgan fingerprint density at radius 1 is 0.833 bits per heavy atom. The predicted octanol–water partition coefficient (Wildman–Crippen LogP) is 3.32. The van der Waals surface area contributed by atoms with Crippen molar-refractivity contribution in [3.8, 4) is 0 Å². The molecule has 0 saturated carbocycles. The quantitative estimate of drug-likeness (QED) is 0.841. The van der Waals surface area contributed by atoms with Crippen LogP contribution in [0.2, 0.25) is 0 Å². The van der Waals surface area contributed by atoms with Gasteiger partial charge in [-0.15, -0.1) is 0 Å². The van der Waals surface area contributed by atoms with Gasteiger partial charge in [0.05, 0.1) is 0 Å². The van der Waals surface area contributed by atoms with E-state index in [1.54, 1.807) is 0 Å². The molecule has 0 fully saturated rings. The van der Waals surface area contributed by atoms with Crippen molar-refractivity contribution in [2.24, 2.45) is 5.73 Å². The van der Waals surface area contributed by atoms with Gasteiger partial charge in [0.2, 0.25) is 0 Å². The Balaban J connectivity index is 1.93. The van der Waals surface area contributed by atoms with Gasteiger partial charge in [-0.25, -0.2) is 0 Å². The lowest BCUT2D eigenvalue weighted by Crippen LogP contribution is -2.00. The lowest BCUT2D eigenvalue weighted by molar-refractivity contribution is 1.06. The van der Waals surface area contributed by atoms with Gasteiger partial charge >= 0.3 is 0 Å². The van der Waals surface area contributed by atoms with Gasteiger partial charge in [0.1, 0.15) is 0 Å². The van der Waals surface area contributed by atoms with Crippen LogP contribution in [0.5, 0.6) is 0 Å². The SMILES string of the molecule is CCc1ccc(NCc2ccc(CN)cc2)cc1.